The molecule has 0 saturated heterocycles. The second kappa shape index (κ2) is 5.41. The minimum atomic E-state index is 0.105. The Morgan fingerprint density at radius 1 is 1.15 bits per heavy atom. The number of hydrogen-bond donors (Lipinski definition) is 1. The molecule has 2 aromatic rings. The highest BCUT2D eigenvalue weighted by Crippen LogP contribution is 2.33. The van der Waals surface area contributed by atoms with Crippen LogP contribution in [0.4, 0.5) is 5.69 Å². The summed E-state index contributed by atoms with van der Waals surface area (Å²) < 4.78 is 0. The van der Waals surface area contributed by atoms with Crippen LogP contribution in [0.3, 0.4) is 0 Å². The van der Waals surface area contributed by atoms with E-state index >= 15 is 0 Å². The molecule has 2 aromatic carbocycles. The average Bonchev–Trinajstić information content (AvgIpc) is 2.45. The Bertz CT molecular complexity index is 646. The van der Waals surface area contributed by atoms with Crippen LogP contribution in [0.5, 0.6) is 0 Å². The number of thiocarbonyl (C=S) groups is 1. The van der Waals surface area contributed by atoms with Gasteiger partial charge in [0.1, 0.15) is 4.99 Å². The Balaban J connectivity index is 2.68. The van der Waals surface area contributed by atoms with Gasteiger partial charge in [0, 0.05) is 29.2 Å². The molecule has 0 fully saturated rings. The van der Waals surface area contributed by atoms with Crippen LogP contribution in [0.25, 0.3) is 10.8 Å². The molecule has 0 amide bonds. The average molecular weight is 286 g/mol. The van der Waals surface area contributed by atoms with Gasteiger partial charge in [0.05, 0.1) is 0 Å². The second-order valence-corrected chi connectivity index (χ2v) is 6.21. The Labute approximate surface area is 126 Å². The van der Waals surface area contributed by atoms with Crippen molar-refractivity contribution < 1.29 is 0 Å². The smallest absolute Gasteiger partial charge is 0.104 e. The molecule has 0 unspecified atom stereocenters. The zero-order valence-corrected chi connectivity index (χ0v) is 13.4. The van der Waals surface area contributed by atoms with E-state index in [0.29, 0.717) is 4.99 Å². The first-order chi connectivity index (χ1) is 9.38. The van der Waals surface area contributed by atoms with Crippen LogP contribution in [-0.4, -0.2) is 17.6 Å². The summed E-state index contributed by atoms with van der Waals surface area (Å²) in [5.74, 6) is 0. The van der Waals surface area contributed by atoms with E-state index in [2.05, 4.69) is 57.0 Å². The Kier molecular flexibility index (Phi) is 4.00. The lowest BCUT2D eigenvalue weighted by molar-refractivity contribution is 0.472. The van der Waals surface area contributed by atoms with Crippen LogP contribution in [0.15, 0.2) is 36.4 Å². The Hall–Kier alpha value is -1.61. The molecule has 0 aliphatic carbocycles. The molecular formula is C17H22N2S. The molecule has 0 aromatic heterocycles. The summed E-state index contributed by atoms with van der Waals surface area (Å²) in [5.41, 5.74) is 8.10. The fourth-order valence-electron chi connectivity index (χ4n) is 2.35. The third-order valence-corrected chi connectivity index (χ3v) is 4.52. The molecule has 20 heavy (non-hydrogen) atoms. The summed E-state index contributed by atoms with van der Waals surface area (Å²) in [6, 6.07) is 12.5. The number of rotatable bonds is 4. The fourth-order valence-corrected chi connectivity index (χ4v) is 2.53. The van der Waals surface area contributed by atoms with Gasteiger partial charge in [-0.2, -0.15) is 0 Å². The summed E-state index contributed by atoms with van der Waals surface area (Å²) in [5, 5.41) is 2.32. The number of fused-ring (bicyclic) bond motifs is 1. The third kappa shape index (κ3) is 2.50. The number of nitrogens with zero attached hydrogens (tertiary/aromatic N) is 1. The van der Waals surface area contributed by atoms with Crippen molar-refractivity contribution in [2.24, 2.45) is 5.73 Å². The number of hydrogen-bond acceptors (Lipinski definition) is 2. The fraction of sp³-hybridized carbons (Fsp3) is 0.353. The summed E-state index contributed by atoms with van der Waals surface area (Å²) in [4.78, 5) is 2.78. The molecule has 2 rings (SSSR count). The van der Waals surface area contributed by atoms with Crippen molar-refractivity contribution in [3.8, 4) is 0 Å². The highest BCUT2D eigenvalue weighted by atomic mass is 32.1. The monoisotopic (exact) mass is 286 g/mol. The van der Waals surface area contributed by atoms with E-state index < -0.39 is 0 Å². The molecule has 0 heterocycles. The SMILES string of the molecule is CCC(C)(C)N(C)c1ccc(C(N)=S)c2ccccc12. The summed E-state index contributed by atoms with van der Waals surface area (Å²) in [7, 11) is 2.14. The molecule has 0 aliphatic heterocycles. The maximum Gasteiger partial charge on any atom is 0.104 e. The number of nitrogens with two attached hydrogens (primary N) is 1. The summed E-state index contributed by atoms with van der Waals surface area (Å²) >= 11 is 5.16. The van der Waals surface area contributed by atoms with Gasteiger partial charge >= 0.3 is 0 Å². The standard InChI is InChI=1S/C17H22N2S/c1-5-17(2,3)19(4)15-11-10-14(16(18)20)12-8-6-7-9-13(12)15/h6-11H,5H2,1-4H3,(H2,18,20). The molecule has 0 spiro atoms. The summed E-state index contributed by atoms with van der Waals surface area (Å²) in [6.07, 6.45) is 1.08. The zero-order chi connectivity index (χ0) is 14.9. The van der Waals surface area contributed by atoms with Gasteiger partial charge in [-0.15, -0.1) is 0 Å². The first-order valence-corrected chi connectivity index (χ1v) is 7.34. The van der Waals surface area contributed by atoms with Crippen LogP contribution < -0.4 is 10.6 Å². The van der Waals surface area contributed by atoms with Crippen molar-refractivity contribution in [2.75, 3.05) is 11.9 Å². The van der Waals surface area contributed by atoms with Gasteiger partial charge in [-0.1, -0.05) is 43.4 Å². The largest absolute Gasteiger partial charge is 0.389 e. The van der Waals surface area contributed by atoms with Gasteiger partial charge in [-0.05, 0) is 37.8 Å². The molecule has 0 bridgehead atoms. The normalized spacial score (nSPS) is 11.6. The predicted octanol–water partition coefficient (Wildman–Crippen LogP) is 4.10. The molecule has 0 atom stereocenters. The Morgan fingerprint density at radius 3 is 2.30 bits per heavy atom. The lowest BCUT2D eigenvalue weighted by Crippen LogP contribution is -2.40. The van der Waals surface area contributed by atoms with Crippen LogP contribution >= 0.6 is 12.2 Å². The molecule has 0 saturated carbocycles. The second-order valence-electron chi connectivity index (χ2n) is 5.77. The highest BCUT2D eigenvalue weighted by Gasteiger charge is 2.23. The van der Waals surface area contributed by atoms with Crippen LogP contribution in [-0.2, 0) is 0 Å². The van der Waals surface area contributed by atoms with Crippen molar-refractivity contribution in [3.05, 3.63) is 42.0 Å². The maximum absolute atomic E-state index is 5.84. The van der Waals surface area contributed by atoms with Gasteiger partial charge in [-0.3, -0.25) is 0 Å². The summed E-state index contributed by atoms with van der Waals surface area (Å²) in [6.45, 7) is 6.72. The van der Waals surface area contributed by atoms with Crippen molar-refractivity contribution in [1.29, 1.82) is 0 Å². The molecule has 3 heteroatoms. The molecule has 0 radical (unpaired) electrons. The molecule has 106 valence electrons. The van der Waals surface area contributed by atoms with Crippen LogP contribution in [0.1, 0.15) is 32.8 Å². The highest BCUT2D eigenvalue weighted by molar-refractivity contribution is 7.80. The maximum atomic E-state index is 5.84. The third-order valence-electron chi connectivity index (χ3n) is 4.30. The van der Waals surface area contributed by atoms with Crippen LogP contribution in [0, 0.1) is 0 Å². The van der Waals surface area contributed by atoms with E-state index in [-0.39, 0.29) is 5.54 Å². The van der Waals surface area contributed by atoms with Crippen molar-refractivity contribution in [3.63, 3.8) is 0 Å². The van der Waals surface area contributed by atoms with E-state index in [9.17, 15) is 0 Å². The van der Waals surface area contributed by atoms with Crippen molar-refractivity contribution in [2.45, 2.75) is 32.7 Å². The first-order valence-electron chi connectivity index (χ1n) is 6.94. The van der Waals surface area contributed by atoms with Crippen molar-refractivity contribution in [1.82, 2.24) is 0 Å². The minimum Gasteiger partial charge on any atom is -0.389 e. The quantitative estimate of drug-likeness (QED) is 0.858. The van der Waals surface area contributed by atoms with Gasteiger partial charge in [0.15, 0.2) is 0 Å². The van der Waals surface area contributed by atoms with E-state index in [1.54, 1.807) is 0 Å². The van der Waals surface area contributed by atoms with Crippen molar-refractivity contribution >= 4 is 33.7 Å². The first kappa shape index (κ1) is 14.8. The van der Waals surface area contributed by atoms with Gasteiger partial charge in [-0.25, -0.2) is 0 Å². The lowest BCUT2D eigenvalue weighted by atomic mass is 9.96. The van der Waals surface area contributed by atoms with Gasteiger partial charge in [0.2, 0.25) is 0 Å². The predicted molar refractivity (Wildman–Crippen MR) is 92.6 cm³/mol. The lowest BCUT2D eigenvalue weighted by Gasteiger charge is -2.37. The molecule has 2 nitrogen and oxygen atoms in total. The van der Waals surface area contributed by atoms with Gasteiger partial charge in [0.25, 0.3) is 0 Å². The molecule has 2 N–H and O–H groups in total. The van der Waals surface area contributed by atoms with E-state index in [1.807, 2.05) is 12.1 Å². The van der Waals surface area contributed by atoms with E-state index in [0.717, 1.165) is 17.4 Å². The minimum absolute atomic E-state index is 0.105. The van der Waals surface area contributed by atoms with Crippen LogP contribution in [0.2, 0.25) is 0 Å². The van der Waals surface area contributed by atoms with Gasteiger partial charge < -0.3 is 10.6 Å². The molecule has 0 aliphatic rings. The number of benzene rings is 2. The Morgan fingerprint density at radius 2 is 1.75 bits per heavy atom. The van der Waals surface area contributed by atoms with E-state index in [4.69, 9.17) is 18.0 Å². The van der Waals surface area contributed by atoms with E-state index in [1.165, 1.54) is 11.1 Å². The molecular weight excluding hydrogens is 264 g/mol. The zero-order valence-electron chi connectivity index (χ0n) is 12.6. The number of anilines is 1. The topological polar surface area (TPSA) is 29.3 Å².